The van der Waals surface area contributed by atoms with Gasteiger partial charge in [-0.1, -0.05) is 150 Å². The Morgan fingerprint density at radius 3 is 1.94 bits per heavy atom. The van der Waals surface area contributed by atoms with Gasteiger partial charge in [-0.2, -0.15) is 0 Å². The Labute approximate surface area is 218 Å². The van der Waals surface area contributed by atoms with Crippen LogP contribution in [0.4, 0.5) is 0 Å². The Balaban J connectivity index is 1.54. The standard InChI is InChI=1S/C34H55N/c1-32-23-16-10-8-13-17-25-33(29-22-24-32)26-18-14-9-15-21-30-35-31-34-27-19-11-6-4-2-3-5-7-12-20-28-34/h8,10,13,16-17,22-25,29,34-35H,2-7,9,11-12,14-15,18-21,26-28,30-31H2,1H3/b10-8?,13-8-,16-10-,17-13?,23-16?,24-22-,25-17-,29-22?,32-23-,32-24?,33-25?,33-29+. The van der Waals surface area contributed by atoms with E-state index in [0.29, 0.717) is 0 Å². The highest BCUT2D eigenvalue weighted by Crippen LogP contribution is 2.20. The van der Waals surface area contributed by atoms with Crippen molar-refractivity contribution in [3.63, 3.8) is 0 Å². The molecule has 2 rings (SSSR count). The Morgan fingerprint density at radius 2 is 1.20 bits per heavy atom. The van der Waals surface area contributed by atoms with E-state index in [-0.39, 0.29) is 0 Å². The molecule has 0 aliphatic heterocycles. The van der Waals surface area contributed by atoms with Gasteiger partial charge in [0.1, 0.15) is 0 Å². The second-order valence-electron chi connectivity index (χ2n) is 10.8. The first kappa shape index (κ1) is 29.6. The zero-order valence-corrected chi connectivity index (χ0v) is 23.0. The summed E-state index contributed by atoms with van der Waals surface area (Å²) in [5.74, 6) is 0.919. The van der Waals surface area contributed by atoms with Crippen LogP contribution in [0.5, 0.6) is 0 Å². The highest BCUT2D eigenvalue weighted by molar-refractivity contribution is 5.32. The van der Waals surface area contributed by atoms with Gasteiger partial charge in [0.15, 0.2) is 0 Å². The molecule has 0 aromatic heterocycles. The van der Waals surface area contributed by atoms with Gasteiger partial charge in [0.25, 0.3) is 0 Å². The molecule has 0 saturated heterocycles. The molecular weight excluding hydrogens is 422 g/mol. The molecule has 0 spiro atoms. The fourth-order valence-electron chi connectivity index (χ4n) is 5.22. The van der Waals surface area contributed by atoms with Gasteiger partial charge in [-0.3, -0.25) is 0 Å². The van der Waals surface area contributed by atoms with Gasteiger partial charge in [0, 0.05) is 0 Å². The maximum Gasteiger partial charge on any atom is -0.00205 e. The third kappa shape index (κ3) is 17.5. The third-order valence-electron chi connectivity index (χ3n) is 7.51. The van der Waals surface area contributed by atoms with Crippen molar-refractivity contribution in [2.45, 2.75) is 122 Å². The molecule has 1 heteroatoms. The van der Waals surface area contributed by atoms with E-state index < -0.39 is 0 Å². The van der Waals surface area contributed by atoms with Crippen LogP contribution in [0.25, 0.3) is 0 Å². The molecular formula is C34H55N. The molecule has 1 fully saturated rings. The first-order valence-corrected chi connectivity index (χ1v) is 15.1. The molecule has 0 atom stereocenters. The van der Waals surface area contributed by atoms with Gasteiger partial charge in [-0.15, -0.1) is 0 Å². The summed E-state index contributed by atoms with van der Waals surface area (Å²) in [6.07, 6.45) is 47.1. The van der Waals surface area contributed by atoms with Crippen molar-refractivity contribution in [2.24, 2.45) is 5.92 Å². The smallest absolute Gasteiger partial charge is 0.00205 e. The molecule has 1 saturated carbocycles. The van der Waals surface area contributed by atoms with Crippen LogP contribution in [0, 0.1) is 5.92 Å². The number of nitrogens with one attached hydrogen (secondary N) is 1. The van der Waals surface area contributed by atoms with Crippen molar-refractivity contribution < 1.29 is 0 Å². The summed E-state index contributed by atoms with van der Waals surface area (Å²) < 4.78 is 0. The normalized spacial score (nSPS) is 26.2. The highest BCUT2D eigenvalue weighted by Gasteiger charge is 2.09. The number of unbranched alkanes of at least 4 members (excludes halogenated alkanes) is 4. The van der Waals surface area contributed by atoms with E-state index in [1.54, 1.807) is 0 Å². The van der Waals surface area contributed by atoms with Gasteiger partial charge in [0.2, 0.25) is 0 Å². The summed E-state index contributed by atoms with van der Waals surface area (Å²) in [7, 11) is 0. The average molecular weight is 478 g/mol. The minimum absolute atomic E-state index is 0.919. The molecule has 0 radical (unpaired) electrons. The van der Waals surface area contributed by atoms with E-state index in [1.807, 2.05) is 0 Å². The Morgan fingerprint density at radius 1 is 0.600 bits per heavy atom. The van der Waals surface area contributed by atoms with Crippen molar-refractivity contribution >= 4 is 0 Å². The zero-order valence-electron chi connectivity index (χ0n) is 23.0. The molecule has 196 valence electrons. The van der Waals surface area contributed by atoms with Crippen molar-refractivity contribution in [3.05, 3.63) is 71.9 Å². The zero-order chi connectivity index (χ0) is 24.7. The SMILES string of the molecule is CC1=C/C=C\C=C/C=C\C(CCCCCCCNCC2CCCCCCCCCCCC2)=C/C=C\1. The lowest BCUT2D eigenvalue weighted by atomic mass is 9.94. The van der Waals surface area contributed by atoms with E-state index in [0.717, 1.165) is 5.92 Å². The molecule has 1 nitrogen and oxygen atoms in total. The van der Waals surface area contributed by atoms with Crippen LogP contribution in [0.15, 0.2) is 71.9 Å². The van der Waals surface area contributed by atoms with Gasteiger partial charge in [0.05, 0.1) is 0 Å². The summed E-state index contributed by atoms with van der Waals surface area (Å²) in [4.78, 5) is 0. The third-order valence-corrected chi connectivity index (χ3v) is 7.51. The average Bonchev–Trinajstić information content (AvgIpc) is 2.88. The molecule has 2 aliphatic carbocycles. The van der Waals surface area contributed by atoms with Crippen molar-refractivity contribution in [2.75, 3.05) is 13.1 Å². The number of hydrogen-bond acceptors (Lipinski definition) is 1. The summed E-state index contributed by atoms with van der Waals surface area (Å²) >= 11 is 0. The first-order valence-electron chi connectivity index (χ1n) is 15.1. The van der Waals surface area contributed by atoms with Gasteiger partial charge >= 0.3 is 0 Å². The summed E-state index contributed by atoms with van der Waals surface area (Å²) in [6.45, 7) is 4.62. The predicted octanol–water partition coefficient (Wildman–Crippen LogP) is 10.3. The molecule has 0 bridgehead atoms. The Kier molecular flexibility index (Phi) is 18.3. The minimum atomic E-state index is 0.919. The molecule has 2 aliphatic rings. The number of hydrogen-bond donors (Lipinski definition) is 1. The highest BCUT2D eigenvalue weighted by atomic mass is 14.8. The summed E-state index contributed by atoms with van der Waals surface area (Å²) in [5, 5.41) is 3.82. The van der Waals surface area contributed by atoms with Gasteiger partial charge < -0.3 is 5.32 Å². The lowest BCUT2D eigenvalue weighted by Gasteiger charge is -2.17. The molecule has 0 unspecified atom stereocenters. The minimum Gasteiger partial charge on any atom is -0.316 e. The second kappa shape index (κ2) is 21.7. The van der Waals surface area contributed by atoms with Crippen molar-refractivity contribution in [1.29, 1.82) is 0 Å². The molecule has 0 aromatic rings. The summed E-state index contributed by atoms with van der Waals surface area (Å²) in [5.41, 5.74) is 2.71. The molecule has 35 heavy (non-hydrogen) atoms. The predicted molar refractivity (Wildman–Crippen MR) is 158 cm³/mol. The first-order chi connectivity index (χ1) is 17.3. The van der Waals surface area contributed by atoms with Crippen LogP contribution >= 0.6 is 0 Å². The fraction of sp³-hybridized carbons (Fsp3) is 0.647. The fourth-order valence-corrected chi connectivity index (χ4v) is 5.22. The molecule has 0 aromatic carbocycles. The van der Waals surface area contributed by atoms with Gasteiger partial charge in [-0.25, -0.2) is 0 Å². The lowest BCUT2D eigenvalue weighted by Crippen LogP contribution is -2.24. The van der Waals surface area contributed by atoms with Crippen molar-refractivity contribution in [1.82, 2.24) is 5.32 Å². The van der Waals surface area contributed by atoms with E-state index in [9.17, 15) is 0 Å². The van der Waals surface area contributed by atoms with Crippen LogP contribution in [-0.2, 0) is 0 Å². The van der Waals surface area contributed by atoms with Crippen LogP contribution in [-0.4, -0.2) is 13.1 Å². The van der Waals surface area contributed by atoms with Crippen LogP contribution in [0.3, 0.4) is 0 Å². The molecule has 0 amide bonds. The quantitative estimate of drug-likeness (QED) is 0.308. The topological polar surface area (TPSA) is 12.0 Å². The van der Waals surface area contributed by atoms with E-state index in [1.165, 1.54) is 140 Å². The van der Waals surface area contributed by atoms with E-state index >= 15 is 0 Å². The van der Waals surface area contributed by atoms with E-state index in [4.69, 9.17) is 0 Å². The molecule has 1 N–H and O–H groups in total. The monoisotopic (exact) mass is 477 g/mol. The molecule has 0 heterocycles. The van der Waals surface area contributed by atoms with E-state index in [2.05, 4.69) is 73.0 Å². The van der Waals surface area contributed by atoms with Crippen molar-refractivity contribution in [3.8, 4) is 0 Å². The summed E-state index contributed by atoms with van der Waals surface area (Å²) in [6, 6.07) is 0. The van der Waals surface area contributed by atoms with Crippen LogP contribution in [0.1, 0.15) is 122 Å². The largest absolute Gasteiger partial charge is 0.316 e. The van der Waals surface area contributed by atoms with Crippen LogP contribution < -0.4 is 5.32 Å². The number of rotatable bonds is 10. The Bertz CT molecular complexity index is 673. The Hall–Kier alpha value is -1.60. The number of allylic oxidation sites excluding steroid dienone is 12. The van der Waals surface area contributed by atoms with Gasteiger partial charge in [-0.05, 0) is 63.6 Å². The maximum absolute atomic E-state index is 3.82. The lowest BCUT2D eigenvalue weighted by molar-refractivity contribution is 0.383. The second-order valence-corrected chi connectivity index (χ2v) is 10.8. The van der Waals surface area contributed by atoms with Crippen LogP contribution in [0.2, 0.25) is 0 Å². The maximum atomic E-state index is 3.82.